The molecule has 5 nitrogen and oxygen atoms in total. The fourth-order valence-electron chi connectivity index (χ4n) is 2.33. The highest BCUT2D eigenvalue weighted by atomic mass is 32.2. The molecule has 1 rings (SSSR count). The highest BCUT2D eigenvalue weighted by Gasteiger charge is 2.32. The topological polar surface area (TPSA) is 87.2 Å². The summed E-state index contributed by atoms with van der Waals surface area (Å²) in [5.41, 5.74) is 5.37. The predicted octanol–water partition coefficient (Wildman–Crippen LogP) is 1.15. The second-order valence-electron chi connectivity index (χ2n) is 5.18. The number of hydrogen-bond acceptors (Lipinski definition) is 3. The van der Waals surface area contributed by atoms with Crippen LogP contribution in [0.5, 0.6) is 0 Å². The second-order valence-corrected chi connectivity index (χ2v) is 7.15. The monoisotopic (exact) mass is 261 g/mol. The average Bonchev–Trinajstić information content (AvgIpc) is 2.63. The van der Waals surface area contributed by atoms with Gasteiger partial charge in [-0.15, -0.1) is 0 Å². The molecule has 0 aromatic heterocycles. The van der Waals surface area contributed by atoms with Crippen LogP contribution in [-0.4, -0.2) is 36.9 Å². The van der Waals surface area contributed by atoms with Gasteiger partial charge in [0.25, 0.3) is 0 Å². The van der Waals surface area contributed by atoms with Crippen molar-refractivity contribution in [2.45, 2.75) is 45.6 Å². The first kappa shape index (κ1) is 14.4. The summed E-state index contributed by atoms with van der Waals surface area (Å²) < 4.78 is 25.9. The van der Waals surface area contributed by atoms with E-state index in [0.29, 0.717) is 0 Å². The molecule has 1 aliphatic rings. The maximum Gasteiger partial charge on any atom is 0.215 e. The van der Waals surface area contributed by atoms with Crippen molar-refractivity contribution in [1.29, 1.82) is 5.41 Å². The third-order valence-electron chi connectivity index (χ3n) is 2.96. The molecule has 0 aromatic rings. The second kappa shape index (κ2) is 5.82. The van der Waals surface area contributed by atoms with E-state index < -0.39 is 10.0 Å². The lowest BCUT2D eigenvalue weighted by Gasteiger charge is -2.28. The molecule has 0 bridgehead atoms. The number of sulfonamides is 1. The molecule has 1 fully saturated rings. The molecule has 1 aliphatic carbocycles. The van der Waals surface area contributed by atoms with Gasteiger partial charge in [-0.3, -0.25) is 5.41 Å². The van der Waals surface area contributed by atoms with E-state index in [2.05, 4.69) is 0 Å². The Morgan fingerprint density at radius 2 is 1.94 bits per heavy atom. The van der Waals surface area contributed by atoms with Gasteiger partial charge in [-0.2, -0.15) is 4.31 Å². The van der Waals surface area contributed by atoms with Gasteiger partial charge in [0.15, 0.2) is 0 Å². The Balaban J connectivity index is 2.84. The molecule has 6 heteroatoms. The third-order valence-corrected chi connectivity index (χ3v) is 5.19. The van der Waals surface area contributed by atoms with Crippen molar-refractivity contribution in [3.63, 3.8) is 0 Å². The summed E-state index contributed by atoms with van der Waals surface area (Å²) in [5.74, 6) is 0.150. The van der Waals surface area contributed by atoms with Crippen LogP contribution in [0.2, 0.25) is 0 Å². The summed E-state index contributed by atoms with van der Waals surface area (Å²) in [6, 6.07) is 0.0441. The van der Waals surface area contributed by atoms with Crippen LogP contribution in [0.3, 0.4) is 0 Å². The van der Waals surface area contributed by atoms with Crippen molar-refractivity contribution in [2.75, 3.05) is 12.3 Å². The van der Waals surface area contributed by atoms with Crippen molar-refractivity contribution >= 4 is 15.9 Å². The molecule has 0 aromatic carbocycles. The first-order valence-corrected chi connectivity index (χ1v) is 7.76. The molecule has 0 amide bonds. The molecule has 3 N–H and O–H groups in total. The van der Waals surface area contributed by atoms with Crippen molar-refractivity contribution < 1.29 is 8.42 Å². The van der Waals surface area contributed by atoms with E-state index in [0.717, 1.165) is 25.7 Å². The van der Waals surface area contributed by atoms with Crippen LogP contribution >= 0.6 is 0 Å². The Labute approximate surface area is 104 Å². The summed E-state index contributed by atoms with van der Waals surface area (Å²) in [5, 5.41) is 7.32. The van der Waals surface area contributed by atoms with Gasteiger partial charge in [-0.05, 0) is 18.8 Å². The summed E-state index contributed by atoms with van der Waals surface area (Å²) in [4.78, 5) is 0. The molecule has 17 heavy (non-hydrogen) atoms. The number of nitrogens with one attached hydrogen (secondary N) is 1. The standard InChI is InChI=1S/C11H23N3O2S/c1-9(2)8-17(15,16)14(7-11(12)13)10-5-3-4-6-10/h9-10H,3-8H2,1-2H3,(H3,12,13). The zero-order chi connectivity index (χ0) is 13.1. The third kappa shape index (κ3) is 4.27. The Bertz CT molecular complexity index is 359. The fraction of sp³-hybridized carbons (Fsp3) is 0.909. The van der Waals surface area contributed by atoms with E-state index in [1.165, 1.54) is 4.31 Å². The quantitative estimate of drug-likeness (QED) is 0.555. The van der Waals surface area contributed by atoms with Gasteiger partial charge in [0.05, 0.1) is 12.3 Å². The van der Waals surface area contributed by atoms with E-state index in [4.69, 9.17) is 11.1 Å². The van der Waals surface area contributed by atoms with Crippen LogP contribution < -0.4 is 5.73 Å². The molecule has 0 radical (unpaired) electrons. The van der Waals surface area contributed by atoms with Gasteiger partial charge < -0.3 is 5.73 Å². The first-order chi connectivity index (χ1) is 7.83. The average molecular weight is 261 g/mol. The van der Waals surface area contributed by atoms with Crippen molar-refractivity contribution in [3.05, 3.63) is 0 Å². The molecule has 0 heterocycles. The Morgan fingerprint density at radius 1 is 1.41 bits per heavy atom. The normalized spacial score (nSPS) is 18.1. The van der Waals surface area contributed by atoms with Crippen LogP contribution in [0.4, 0.5) is 0 Å². The van der Waals surface area contributed by atoms with Crippen LogP contribution in [0.25, 0.3) is 0 Å². The smallest absolute Gasteiger partial charge is 0.215 e. The van der Waals surface area contributed by atoms with E-state index in [9.17, 15) is 8.42 Å². The summed E-state index contributed by atoms with van der Waals surface area (Å²) in [7, 11) is -3.29. The van der Waals surface area contributed by atoms with Crippen LogP contribution in [0.1, 0.15) is 39.5 Å². The molecule has 0 spiro atoms. The Morgan fingerprint density at radius 3 is 2.35 bits per heavy atom. The maximum absolute atomic E-state index is 12.2. The van der Waals surface area contributed by atoms with Gasteiger partial charge in [-0.25, -0.2) is 8.42 Å². The zero-order valence-corrected chi connectivity index (χ0v) is 11.5. The highest BCUT2D eigenvalue weighted by molar-refractivity contribution is 7.89. The van der Waals surface area contributed by atoms with Crippen molar-refractivity contribution in [1.82, 2.24) is 4.31 Å². The fourth-order valence-corrected chi connectivity index (χ4v) is 4.37. The van der Waals surface area contributed by atoms with Gasteiger partial charge in [0.1, 0.15) is 5.84 Å². The number of amidine groups is 1. The van der Waals surface area contributed by atoms with Crippen molar-refractivity contribution in [3.8, 4) is 0 Å². The van der Waals surface area contributed by atoms with E-state index in [1.54, 1.807) is 0 Å². The van der Waals surface area contributed by atoms with Crippen LogP contribution in [0, 0.1) is 11.3 Å². The molecule has 0 aliphatic heterocycles. The van der Waals surface area contributed by atoms with E-state index in [-0.39, 0.29) is 30.1 Å². The number of hydrogen-bond donors (Lipinski definition) is 2. The summed E-state index contributed by atoms with van der Waals surface area (Å²) >= 11 is 0. The molecule has 100 valence electrons. The summed E-state index contributed by atoms with van der Waals surface area (Å²) in [6.45, 7) is 3.82. The Kier molecular flexibility index (Phi) is 4.94. The lowest BCUT2D eigenvalue weighted by molar-refractivity contribution is 0.351. The molecule has 1 saturated carbocycles. The SMILES string of the molecule is CC(C)CS(=O)(=O)N(CC(=N)N)C1CCCC1. The maximum atomic E-state index is 12.2. The van der Waals surface area contributed by atoms with Crippen LogP contribution in [0.15, 0.2) is 0 Å². The largest absolute Gasteiger partial charge is 0.387 e. The van der Waals surface area contributed by atoms with Gasteiger partial charge in [-0.1, -0.05) is 26.7 Å². The number of rotatable bonds is 6. The van der Waals surface area contributed by atoms with E-state index >= 15 is 0 Å². The van der Waals surface area contributed by atoms with E-state index in [1.807, 2.05) is 13.8 Å². The van der Waals surface area contributed by atoms with Gasteiger partial charge in [0.2, 0.25) is 10.0 Å². The predicted molar refractivity (Wildman–Crippen MR) is 69.5 cm³/mol. The molecule has 0 unspecified atom stereocenters. The molecular formula is C11H23N3O2S. The minimum atomic E-state index is -3.29. The van der Waals surface area contributed by atoms with Crippen molar-refractivity contribution in [2.24, 2.45) is 11.7 Å². The first-order valence-electron chi connectivity index (χ1n) is 6.15. The summed E-state index contributed by atoms with van der Waals surface area (Å²) in [6.07, 6.45) is 3.92. The van der Waals surface area contributed by atoms with Crippen LogP contribution in [-0.2, 0) is 10.0 Å². The zero-order valence-electron chi connectivity index (χ0n) is 10.6. The van der Waals surface area contributed by atoms with Gasteiger partial charge in [0, 0.05) is 6.04 Å². The number of nitrogens with two attached hydrogens (primary N) is 1. The lowest BCUT2D eigenvalue weighted by atomic mass is 10.2. The number of nitrogens with zero attached hydrogens (tertiary/aromatic N) is 1. The minimum Gasteiger partial charge on any atom is -0.387 e. The Hall–Kier alpha value is -0.620. The lowest BCUT2D eigenvalue weighted by Crippen LogP contribution is -2.45. The molecule has 0 atom stereocenters. The molecule has 0 saturated heterocycles. The molecular weight excluding hydrogens is 238 g/mol. The minimum absolute atomic E-state index is 0.0414. The van der Waals surface area contributed by atoms with Gasteiger partial charge >= 0.3 is 0 Å². The highest BCUT2D eigenvalue weighted by Crippen LogP contribution is 2.26.